The van der Waals surface area contributed by atoms with E-state index >= 15 is 0 Å². The van der Waals surface area contributed by atoms with E-state index in [1.165, 1.54) is 17.8 Å². The highest BCUT2D eigenvalue weighted by atomic mass is 35.5. The number of carbonyl (C=O) groups excluding carboxylic acids is 1. The van der Waals surface area contributed by atoms with E-state index in [1.807, 2.05) is 20.1 Å². The van der Waals surface area contributed by atoms with Gasteiger partial charge in [-0.15, -0.1) is 11.8 Å². The molecule has 0 fully saturated rings. The molecule has 0 spiro atoms. The molecule has 1 amide bonds. The van der Waals surface area contributed by atoms with Crippen LogP contribution in [-0.4, -0.2) is 44.6 Å². The molecule has 1 atom stereocenters. The van der Waals surface area contributed by atoms with E-state index in [0.717, 1.165) is 34.8 Å². The number of rotatable bonds is 10. The minimum Gasteiger partial charge on any atom is -0.350 e. The molecule has 2 aromatic carbocycles. The second kappa shape index (κ2) is 13.7. The fourth-order valence-corrected chi connectivity index (χ4v) is 5.27. The molecule has 0 aliphatic heterocycles. The smallest absolute Gasteiger partial charge is 0.350 e. The van der Waals surface area contributed by atoms with Crippen LogP contribution in [0.4, 0.5) is 27.8 Å². The van der Waals surface area contributed by atoms with Crippen molar-refractivity contribution in [3.8, 4) is 23.0 Å². The fraction of sp³-hybridized carbons (Fsp3) is 0.300. The minimum atomic E-state index is -4.61. The van der Waals surface area contributed by atoms with Gasteiger partial charge in [-0.2, -0.15) is 18.3 Å². The number of amides is 1. The van der Waals surface area contributed by atoms with Gasteiger partial charge in [0.2, 0.25) is 6.41 Å². The summed E-state index contributed by atoms with van der Waals surface area (Å²) in [6.45, 7) is 2.46. The first-order valence-corrected chi connectivity index (χ1v) is 15.9. The lowest BCUT2D eigenvalue weighted by molar-refractivity contribution is -0.141. The molecule has 14 heteroatoms. The average molecular weight is 668 g/mol. The molecule has 2 N–H and O–H groups in total. The van der Waals surface area contributed by atoms with Crippen LogP contribution in [0.2, 0.25) is 5.02 Å². The summed E-state index contributed by atoms with van der Waals surface area (Å²) in [5.74, 6) is 4.68. The van der Waals surface area contributed by atoms with Gasteiger partial charge in [0, 0.05) is 23.4 Å². The number of aromatic nitrogens is 3. The highest BCUT2D eigenvalue weighted by molar-refractivity contribution is 8.00. The van der Waals surface area contributed by atoms with Gasteiger partial charge in [0.25, 0.3) is 0 Å². The molecule has 0 aliphatic carbocycles. The van der Waals surface area contributed by atoms with Crippen LogP contribution < -0.4 is 10.0 Å². The van der Waals surface area contributed by atoms with Crippen molar-refractivity contribution >= 4 is 58.4 Å². The summed E-state index contributed by atoms with van der Waals surface area (Å²) in [5, 5.41) is 7.26. The molecule has 0 aliphatic rings. The van der Waals surface area contributed by atoms with Crippen molar-refractivity contribution in [2.75, 3.05) is 17.2 Å². The van der Waals surface area contributed by atoms with E-state index in [4.69, 9.17) is 16.6 Å². The van der Waals surface area contributed by atoms with Crippen molar-refractivity contribution in [2.24, 2.45) is 0 Å². The number of halogens is 6. The zero-order chi connectivity index (χ0) is 32.2. The Labute approximate surface area is 264 Å². The molecule has 6 nitrogen and oxygen atoms in total. The SMILES string of the molecule is CSNc1nn(CC(F)(F)F)c2c(-c3ccc(C#CC(C)(C)SC)nc3C(Cc3cc(F)cc(F)c3)NC=O)ccc(Cl)c12. The van der Waals surface area contributed by atoms with E-state index < -0.39 is 35.1 Å². The number of alkyl halides is 3. The van der Waals surface area contributed by atoms with Gasteiger partial charge in [0.05, 0.1) is 32.4 Å². The molecule has 4 rings (SSSR count). The molecular formula is C30H27ClF5N5OS2. The predicted molar refractivity (Wildman–Crippen MR) is 168 cm³/mol. The van der Waals surface area contributed by atoms with Gasteiger partial charge < -0.3 is 10.0 Å². The number of hydrogen-bond acceptors (Lipinski definition) is 6. The van der Waals surface area contributed by atoms with Crippen molar-refractivity contribution in [3.63, 3.8) is 0 Å². The lowest BCUT2D eigenvalue weighted by Gasteiger charge is -2.21. The van der Waals surface area contributed by atoms with E-state index in [-0.39, 0.29) is 39.4 Å². The van der Waals surface area contributed by atoms with Crippen LogP contribution >= 0.6 is 35.3 Å². The summed E-state index contributed by atoms with van der Waals surface area (Å²) in [7, 11) is 0. The summed E-state index contributed by atoms with van der Waals surface area (Å²) in [6.07, 6.45) is -0.666. The number of benzene rings is 2. The molecule has 0 bridgehead atoms. The first kappa shape index (κ1) is 33.4. The van der Waals surface area contributed by atoms with Crippen LogP contribution in [0.15, 0.2) is 42.5 Å². The lowest BCUT2D eigenvalue weighted by Crippen LogP contribution is -2.24. The third-order valence-electron chi connectivity index (χ3n) is 6.55. The van der Waals surface area contributed by atoms with Crippen molar-refractivity contribution in [3.05, 3.63) is 76.1 Å². The van der Waals surface area contributed by atoms with Crippen LogP contribution in [0.25, 0.3) is 22.0 Å². The molecule has 0 radical (unpaired) electrons. The first-order chi connectivity index (χ1) is 20.7. The van der Waals surface area contributed by atoms with E-state index in [2.05, 4.69) is 27.0 Å². The van der Waals surface area contributed by atoms with Crippen LogP contribution in [0, 0.1) is 23.5 Å². The monoisotopic (exact) mass is 667 g/mol. The van der Waals surface area contributed by atoms with Crippen LogP contribution in [0.5, 0.6) is 0 Å². The van der Waals surface area contributed by atoms with Crippen molar-refractivity contribution in [1.82, 2.24) is 20.1 Å². The molecule has 4 aromatic rings. The largest absolute Gasteiger partial charge is 0.408 e. The zero-order valence-corrected chi connectivity index (χ0v) is 26.3. The molecule has 0 saturated heterocycles. The molecule has 1 unspecified atom stereocenters. The van der Waals surface area contributed by atoms with Gasteiger partial charge >= 0.3 is 6.18 Å². The molecule has 232 valence electrons. The van der Waals surface area contributed by atoms with Gasteiger partial charge in [-0.3, -0.25) is 9.48 Å². The Morgan fingerprint density at radius 1 is 1.07 bits per heavy atom. The highest BCUT2D eigenvalue weighted by Crippen LogP contribution is 2.41. The number of thioether (sulfide) groups is 1. The van der Waals surface area contributed by atoms with Crippen molar-refractivity contribution < 1.29 is 26.7 Å². The number of nitrogens with one attached hydrogen (secondary N) is 2. The lowest BCUT2D eigenvalue weighted by atomic mass is 9.94. The van der Waals surface area contributed by atoms with Crippen LogP contribution in [0.1, 0.15) is 36.8 Å². The van der Waals surface area contributed by atoms with Gasteiger partial charge in [-0.05, 0) is 68.3 Å². The Morgan fingerprint density at radius 2 is 1.75 bits per heavy atom. The highest BCUT2D eigenvalue weighted by Gasteiger charge is 2.32. The summed E-state index contributed by atoms with van der Waals surface area (Å²) in [5.41, 5.74) is 1.50. The number of carbonyl (C=O) groups is 1. The van der Waals surface area contributed by atoms with Gasteiger partial charge in [-0.1, -0.05) is 35.5 Å². The van der Waals surface area contributed by atoms with Crippen molar-refractivity contribution in [2.45, 2.75) is 43.8 Å². The number of fused-ring (bicyclic) bond motifs is 1. The Hall–Kier alpha value is -3.47. The van der Waals surface area contributed by atoms with Gasteiger partial charge in [0.15, 0.2) is 5.82 Å². The summed E-state index contributed by atoms with van der Waals surface area (Å²) < 4.78 is 72.6. The normalized spacial score (nSPS) is 12.5. The van der Waals surface area contributed by atoms with Gasteiger partial charge in [-0.25, -0.2) is 13.8 Å². The van der Waals surface area contributed by atoms with Crippen LogP contribution in [-0.2, 0) is 17.8 Å². The molecule has 2 heterocycles. The average Bonchev–Trinajstić information content (AvgIpc) is 3.28. The maximum atomic E-state index is 14.1. The van der Waals surface area contributed by atoms with Crippen LogP contribution in [0.3, 0.4) is 0 Å². The quantitative estimate of drug-likeness (QED) is 0.0778. The van der Waals surface area contributed by atoms with Gasteiger partial charge in [0.1, 0.15) is 23.9 Å². The van der Waals surface area contributed by atoms with E-state index in [1.54, 1.807) is 24.5 Å². The maximum absolute atomic E-state index is 14.1. The molecule has 0 saturated carbocycles. The summed E-state index contributed by atoms with van der Waals surface area (Å²) in [4.78, 5) is 16.5. The fourth-order valence-electron chi connectivity index (χ4n) is 4.53. The minimum absolute atomic E-state index is 0.0819. The van der Waals surface area contributed by atoms with Crippen molar-refractivity contribution in [1.29, 1.82) is 0 Å². The Balaban J connectivity index is 2.02. The Kier molecular flexibility index (Phi) is 10.4. The number of nitrogens with zero attached hydrogens (tertiary/aromatic N) is 3. The molecular weight excluding hydrogens is 641 g/mol. The second-order valence-electron chi connectivity index (χ2n) is 10.2. The molecule has 2 aromatic heterocycles. The second-order valence-corrected chi connectivity index (χ2v) is 12.6. The standard InChI is InChI=1S/C30H27ClF5N5OS2/c1-29(2,43-3)10-9-20-5-6-21(26(38-20)24(37-16-42)13-17-11-18(32)14-19(33)12-17)22-7-8-23(31)25-27(22)41(15-30(34,35)36)39-28(25)40-44-4/h5-8,11-12,14,16,24H,13,15H2,1-4H3,(H,37,42)(H,39,40). The topological polar surface area (TPSA) is 71.8 Å². The van der Waals surface area contributed by atoms with E-state index in [9.17, 15) is 26.7 Å². The predicted octanol–water partition coefficient (Wildman–Crippen LogP) is 7.81. The number of anilines is 1. The molecule has 44 heavy (non-hydrogen) atoms. The first-order valence-electron chi connectivity index (χ1n) is 13.0. The number of hydrogen-bond donors (Lipinski definition) is 2. The maximum Gasteiger partial charge on any atom is 0.408 e. The third-order valence-corrected chi connectivity index (χ3v) is 8.38. The summed E-state index contributed by atoms with van der Waals surface area (Å²) >= 11 is 9.17. The Bertz CT molecular complexity index is 1730. The third kappa shape index (κ3) is 7.97. The summed E-state index contributed by atoms with van der Waals surface area (Å²) in [6, 6.07) is 8.38. The number of pyridine rings is 1. The Morgan fingerprint density at radius 3 is 2.36 bits per heavy atom. The van der Waals surface area contributed by atoms with E-state index in [0.29, 0.717) is 23.2 Å². The zero-order valence-electron chi connectivity index (χ0n) is 23.9.